The van der Waals surface area contributed by atoms with Crippen LogP contribution in [0, 0.1) is 0 Å². The Labute approximate surface area is 125 Å². The second-order valence-corrected chi connectivity index (χ2v) is 6.08. The number of nitrogens with zero attached hydrogens (tertiary/aromatic N) is 2. The molecule has 1 N–H and O–H groups in total. The molecule has 1 saturated heterocycles. The van der Waals surface area contributed by atoms with Crippen molar-refractivity contribution in [1.82, 2.24) is 9.97 Å². The van der Waals surface area contributed by atoms with Crippen LogP contribution in [-0.4, -0.2) is 39.1 Å². The topological polar surface area (TPSA) is 64.5 Å². The van der Waals surface area contributed by atoms with Crippen LogP contribution in [0.3, 0.4) is 0 Å². The van der Waals surface area contributed by atoms with Crippen molar-refractivity contribution in [2.75, 3.05) is 5.75 Å². The van der Waals surface area contributed by atoms with E-state index >= 15 is 0 Å². The molecule has 0 atom stereocenters. The van der Waals surface area contributed by atoms with Gasteiger partial charge in [0.25, 0.3) is 0 Å². The van der Waals surface area contributed by atoms with Crippen molar-refractivity contribution in [2.45, 2.75) is 38.9 Å². The molecule has 2 heterocycles. The zero-order chi connectivity index (χ0) is 15.0. The van der Waals surface area contributed by atoms with Crippen LogP contribution in [0.25, 0.3) is 6.08 Å². The van der Waals surface area contributed by atoms with Gasteiger partial charge in [-0.3, -0.25) is 0 Å². The van der Waals surface area contributed by atoms with Crippen molar-refractivity contribution in [1.29, 1.82) is 0 Å². The van der Waals surface area contributed by atoms with E-state index in [9.17, 15) is 5.11 Å². The number of hydrogen-bond donors (Lipinski definition) is 2. The van der Waals surface area contributed by atoms with Crippen molar-refractivity contribution < 1.29 is 14.4 Å². The van der Waals surface area contributed by atoms with Gasteiger partial charge in [-0.2, -0.15) is 12.6 Å². The highest BCUT2D eigenvalue weighted by Crippen LogP contribution is 2.38. The smallest absolute Gasteiger partial charge is 0.491 e. The fraction of sp³-hybridized carbons (Fsp3) is 0.538. The van der Waals surface area contributed by atoms with Gasteiger partial charge in [-0.25, -0.2) is 9.97 Å². The molecular weight excluding hydrogens is 275 g/mol. The van der Waals surface area contributed by atoms with Crippen LogP contribution in [0.5, 0.6) is 5.75 Å². The number of aromatic nitrogens is 2. The van der Waals surface area contributed by atoms with E-state index in [0.29, 0.717) is 11.6 Å². The molecule has 0 amide bonds. The van der Waals surface area contributed by atoms with E-state index in [-0.39, 0.29) is 5.75 Å². The minimum atomic E-state index is -0.463. The Balaban J connectivity index is 2.24. The fourth-order valence-electron chi connectivity index (χ4n) is 1.75. The standard InChI is InChI=1S/C13H19BN2O3S/c1-12(2)13(3,4)19-14(18-12)9(8-20)5-11-15-6-10(17)7-16-11/h5-7,17,20H,8H2,1-4H3. The summed E-state index contributed by atoms with van der Waals surface area (Å²) in [6, 6.07) is 0. The van der Waals surface area contributed by atoms with Gasteiger partial charge >= 0.3 is 7.12 Å². The van der Waals surface area contributed by atoms with Crippen molar-refractivity contribution >= 4 is 25.8 Å². The summed E-state index contributed by atoms with van der Waals surface area (Å²) in [7, 11) is -0.463. The Morgan fingerprint density at radius 2 is 1.75 bits per heavy atom. The lowest BCUT2D eigenvalue weighted by Crippen LogP contribution is -2.41. The molecule has 2 rings (SSSR count). The van der Waals surface area contributed by atoms with Crippen LogP contribution in [0.4, 0.5) is 0 Å². The third kappa shape index (κ3) is 3.00. The van der Waals surface area contributed by atoms with Gasteiger partial charge < -0.3 is 14.4 Å². The fourth-order valence-corrected chi connectivity index (χ4v) is 1.99. The monoisotopic (exact) mass is 294 g/mol. The highest BCUT2D eigenvalue weighted by molar-refractivity contribution is 7.80. The SMILES string of the molecule is CC1(C)OB(C(=Cc2ncc(O)cn2)CS)OC1(C)C. The maximum absolute atomic E-state index is 9.19. The third-order valence-electron chi connectivity index (χ3n) is 3.71. The minimum absolute atomic E-state index is 0.0326. The number of thiol groups is 1. The predicted octanol–water partition coefficient (Wildman–Crippen LogP) is 2.13. The molecule has 20 heavy (non-hydrogen) atoms. The summed E-state index contributed by atoms with van der Waals surface area (Å²) in [5.41, 5.74) is 0.0584. The maximum atomic E-state index is 9.19. The van der Waals surface area contributed by atoms with E-state index in [0.717, 1.165) is 5.47 Å². The van der Waals surface area contributed by atoms with Gasteiger partial charge in [0.05, 0.1) is 23.6 Å². The van der Waals surface area contributed by atoms with Gasteiger partial charge in [-0.1, -0.05) is 0 Å². The summed E-state index contributed by atoms with van der Waals surface area (Å²) in [5, 5.41) is 9.19. The van der Waals surface area contributed by atoms with Crippen LogP contribution >= 0.6 is 12.6 Å². The molecule has 7 heteroatoms. The van der Waals surface area contributed by atoms with Crippen molar-refractivity contribution in [3.05, 3.63) is 23.7 Å². The van der Waals surface area contributed by atoms with E-state index in [4.69, 9.17) is 9.31 Å². The largest absolute Gasteiger partial charge is 0.505 e. The molecule has 0 saturated carbocycles. The molecular formula is C13H19BN2O3S. The number of rotatable bonds is 3. The van der Waals surface area contributed by atoms with Gasteiger partial charge in [0.1, 0.15) is 0 Å². The average molecular weight is 294 g/mol. The van der Waals surface area contributed by atoms with Crippen LogP contribution in [-0.2, 0) is 9.31 Å². The van der Waals surface area contributed by atoms with Gasteiger partial charge in [0, 0.05) is 5.75 Å². The predicted molar refractivity (Wildman–Crippen MR) is 81.6 cm³/mol. The average Bonchev–Trinajstić information content (AvgIpc) is 2.57. The first-order valence-corrected chi connectivity index (χ1v) is 7.06. The first kappa shape index (κ1) is 15.3. The highest BCUT2D eigenvalue weighted by atomic mass is 32.1. The molecule has 5 nitrogen and oxygen atoms in total. The summed E-state index contributed by atoms with van der Waals surface area (Å²) in [6.45, 7) is 8.00. The molecule has 0 bridgehead atoms. The molecule has 1 aliphatic heterocycles. The van der Waals surface area contributed by atoms with Crippen molar-refractivity contribution in [3.63, 3.8) is 0 Å². The lowest BCUT2D eigenvalue weighted by atomic mass is 9.79. The summed E-state index contributed by atoms with van der Waals surface area (Å²) in [6.07, 6.45) is 4.47. The van der Waals surface area contributed by atoms with Gasteiger partial charge in [0.2, 0.25) is 0 Å². The molecule has 0 spiro atoms. The summed E-state index contributed by atoms with van der Waals surface area (Å²) >= 11 is 4.32. The second kappa shape index (κ2) is 5.39. The van der Waals surface area contributed by atoms with Crippen molar-refractivity contribution in [2.24, 2.45) is 0 Å². The number of aromatic hydroxyl groups is 1. The van der Waals surface area contributed by atoms with Crippen LogP contribution in [0.2, 0.25) is 0 Å². The Morgan fingerprint density at radius 1 is 1.25 bits per heavy atom. The highest BCUT2D eigenvalue weighted by Gasteiger charge is 2.52. The third-order valence-corrected chi connectivity index (χ3v) is 4.08. The van der Waals surface area contributed by atoms with E-state index in [2.05, 4.69) is 22.6 Å². The second-order valence-electron chi connectivity index (χ2n) is 5.77. The van der Waals surface area contributed by atoms with Crippen LogP contribution in [0.1, 0.15) is 33.5 Å². The van der Waals surface area contributed by atoms with E-state index in [1.807, 2.05) is 27.7 Å². The first-order valence-electron chi connectivity index (χ1n) is 6.43. The molecule has 0 aromatic carbocycles. The van der Waals surface area contributed by atoms with Crippen molar-refractivity contribution in [3.8, 4) is 5.75 Å². The van der Waals surface area contributed by atoms with Gasteiger partial charge in [0.15, 0.2) is 11.6 Å². The van der Waals surface area contributed by atoms with Crippen LogP contribution < -0.4 is 0 Å². The summed E-state index contributed by atoms with van der Waals surface area (Å²) in [4.78, 5) is 8.06. The Bertz CT molecular complexity index is 501. The normalized spacial score (nSPS) is 21.2. The van der Waals surface area contributed by atoms with Gasteiger partial charge in [-0.05, 0) is 39.2 Å². The quantitative estimate of drug-likeness (QED) is 0.660. The maximum Gasteiger partial charge on any atom is 0.491 e. The molecule has 1 aromatic heterocycles. The summed E-state index contributed by atoms with van der Waals surface area (Å²) in [5.74, 6) is 0.993. The zero-order valence-electron chi connectivity index (χ0n) is 12.1. The Morgan fingerprint density at radius 3 is 2.20 bits per heavy atom. The molecule has 0 aliphatic carbocycles. The number of hydrogen-bond acceptors (Lipinski definition) is 6. The zero-order valence-corrected chi connectivity index (χ0v) is 13.0. The van der Waals surface area contributed by atoms with E-state index in [1.165, 1.54) is 12.4 Å². The molecule has 0 radical (unpaired) electrons. The van der Waals surface area contributed by atoms with E-state index in [1.54, 1.807) is 6.08 Å². The molecule has 1 fully saturated rings. The molecule has 108 valence electrons. The van der Waals surface area contributed by atoms with E-state index < -0.39 is 18.3 Å². The Hall–Kier alpha value is -1.05. The Kier molecular flexibility index (Phi) is 4.13. The van der Waals surface area contributed by atoms with Crippen LogP contribution in [0.15, 0.2) is 17.9 Å². The molecule has 0 unspecified atom stereocenters. The molecule has 1 aromatic rings. The molecule has 1 aliphatic rings. The van der Waals surface area contributed by atoms with Gasteiger partial charge in [-0.15, -0.1) is 0 Å². The minimum Gasteiger partial charge on any atom is -0.505 e. The summed E-state index contributed by atoms with van der Waals surface area (Å²) < 4.78 is 11.9. The lowest BCUT2D eigenvalue weighted by Gasteiger charge is -2.32. The first-order chi connectivity index (χ1) is 9.25. The lowest BCUT2D eigenvalue weighted by molar-refractivity contribution is 0.00578.